The van der Waals surface area contributed by atoms with Gasteiger partial charge in [-0.05, 0) is 50.8 Å². The molecule has 0 amide bonds. The van der Waals surface area contributed by atoms with Crippen LogP contribution in [0.1, 0.15) is 44.2 Å². The van der Waals surface area contributed by atoms with Gasteiger partial charge in [-0.2, -0.15) is 0 Å². The summed E-state index contributed by atoms with van der Waals surface area (Å²) in [7, 11) is 0. The minimum absolute atomic E-state index is 0.466. The Morgan fingerprint density at radius 2 is 2.11 bits per heavy atom. The molecule has 0 saturated heterocycles. The summed E-state index contributed by atoms with van der Waals surface area (Å²) < 4.78 is 5.64. The number of hydrogen-bond acceptors (Lipinski definition) is 4. The highest BCUT2D eigenvalue weighted by atomic mass is 16.5. The van der Waals surface area contributed by atoms with Crippen molar-refractivity contribution in [1.82, 2.24) is 0 Å². The Bertz CT molecular complexity index is 475. The molecule has 0 spiro atoms. The second-order valence-corrected chi connectivity index (χ2v) is 5.63. The zero-order valence-corrected chi connectivity index (χ0v) is 11.5. The molecule has 0 heterocycles. The highest BCUT2D eigenvalue weighted by Crippen LogP contribution is 2.26. The third kappa shape index (κ3) is 3.70. The third-order valence-electron chi connectivity index (χ3n) is 3.36. The molecule has 0 unspecified atom stereocenters. The second-order valence-electron chi connectivity index (χ2n) is 5.63. The van der Waals surface area contributed by atoms with E-state index in [1.807, 2.05) is 18.2 Å². The van der Waals surface area contributed by atoms with Gasteiger partial charge in [0.1, 0.15) is 5.75 Å². The van der Waals surface area contributed by atoms with Gasteiger partial charge in [-0.15, -0.1) is 0 Å². The maximum absolute atomic E-state index is 9.64. The largest absolute Gasteiger partial charge is 0.493 e. The highest BCUT2D eigenvalue weighted by Gasteiger charge is 2.17. The molecule has 0 saturated carbocycles. The average molecular weight is 263 g/mol. The monoisotopic (exact) mass is 263 g/mol. The van der Waals surface area contributed by atoms with Crippen molar-refractivity contribution in [3.8, 4) is 5.75 Å². The minimum Gasteiger partial charge on any atom is -0.493 e. The molecule has 0 aliphatic heterocycles. The van der Waals surface area contributed by atoms with Crippen LogP contribution in [-0.4, -0.2) is 28.2 Å². The lowest BCUT2D eigenvalue weighted by Gasteiger charge is -2.19. The van der Waals surface area contributed by atoms with E-state index in [4.69, 9.17) is 9.94 Å². The fourth-order valence-electron chi connectivity index (χ4n) is 2.24. The number of nitrogens with zero attached hydrogens (tertiary/aromatic N) is 1. The summed E-state index contributed by atoms with van der Waals surface area (Å²) in [5.74, 6) is 0.756. The van der Waals surface area contributed by atoms with Crippen molar-refractivity contribution in [2.45, 2.75) is 45.1 Å². The van der Waals surface area contributed by atoms with Crippen LogP contribution in [0.4, 0.5) is 0 Å². The quantitative estimate of drug-likeness (QED) is 0.648. The van der Waals surface area contributed by atoms with E-state index in [1.54, 1.807) is 13.8 Å². The Kier molecular flexibility index (Phi) is 4.10. The normalized spacial score (nSPS) is 17.3. The summed E-state index contributed by atoms with van der Waals surface area (Å²) in [5, 5.41) is 22.0. The lowest BCUT2D eigenvalue weighted by molar-refractivity contribution is 0.0553. The van der Waals surface area contributed by atoms with Gasteiger partial charge in [0, 0.05) is 12.0 Å². The SMILES string of the molecule is CC(C)(O)CCOc1ccc2c(c1)/C(=N\O)CCC2. The lowest BCUT2D eigenvalue weighted by atomic mass is 9.90. The van der Waals surface area contributed by atoms with Gasteiger partial charge in [-0.25, -0.2) is 0 Å². The van der Waals surface area contributed by atoms with E-state index in [9.17, 15) is 5.11 Å². The number of aryl methyl sites for hydroxylation is 1. The summed E-state index contributed by atoms with van der Waals surface area (Å²) in [4.78, 5) is 0. The molecule has 0 radical (unpaired) electrons. The molecule has 4 heteroatoms. The Balaban J connectivity index is 2.08. The van der Waals surface area contributed by atoms with Crippen molar-refractivity contribution in [3.63, 3.8) is 0 Å². The summed E-state index contributed by atoms with van der Waals surface area (Å²) in [6, 6.07) is 5.89. The summed E-state index contributed by atoms with van der Waals surface area (Å²) in [6.07, 6.45) is 3.41. The van der Waals surface area contributed by atoms with Crippen molar-refractivity contribution in [3.05, 3.63) is 29.3 Å². The van der Waals surface area contributed by atoms with Crippen molar-refractivity contribution < 1.29 is 15.1 Å². The predicted octanol–water partition coefficient (Wildman–Crippen LogP) is 2.74. The zero-order valence-electron chi connectivity index (χ0n) is 11.5. The van der Waals surface area contributed by atoms with Gasteiger partial charge in [0.05, 0.1) is 17.9 Å². The van der Waals surface area contributed by atoms with Gasteiger partial charge in [0.25, 0.3) is 0 Å². The molecular weight excluding hydrogens is 242 g/mol. The van der Waals surface area contributed by atoms with Gasteiger partial charge in [-0.3, -0.25) is 0 Å². The molecule has 2 N–H and O–H groups in total. The van der Waals surface area contributed by atoms with Crippen LogP contribution < -0.4 is 4.74 Å². The molecule has 2 rings (SSSR count). The molecule has 19 heavy (non-hydrogen) atoms. The first-order chi connectivity index (χ1) is 8.99. The maximum atomic E-state index is 9.64. The van der Waals surface area contributed by atoms with Crippen molar-refractivity contribution in [2.24, 2.45) is 5.16 Å². The molecule has 1 aliphatic carbocycles. The third-order valence-corrected chi connectivity index (χ3v) is 3.36. The Morgan fingerprint density at radius 1 is 1.32 bits per heavy atom. The lowest BCUT2D eigenvalue weighted by Crippen LogP contribution is -2.22. The van der Waals surface area contributed by atoms with E-state index in [2.05, 4.69) is 5.16 Å². The van der Waals surface area contributed by atoms with Crippen molar-refractivity contribution >= 4 is 5.71 Å². The first-order valence-electron chi connectivity index (χ1n) is 6.69. The molecule has 1 aliphatic rings. The van der Waals surface area contributed by atoms with Crippen LogP contribution in [0.5, 0.6) is 5.75 Å². The standard InChI is InChI=1S/C15H21NO3/c1-15(2,17)8-9-19-12-7-6-11-4-3-5-14(16-18)13(11)10-12/h6-7,10,17-18H,3-5,8-9H2,1-2H3/b16-14-. The number of fused-ring (bicyclic) bond motifs is 1. The molecule has 0 atom stereocenters. The van der Waals surface area contributed by atoms with Crippen LogP contribution in [0.15, 0.2) is 23.4 Å². The van der Waals surface area contributed by atoms with Crippen LogP contribution in [0.2, 0.25) is 0 Å². The van der Waals surface area contributed by atoms with E-state index in [0.29, 0.717) is 13.0 Å². The number of aliphatic hydroxyl groups is 1. The molecule has 1 aromatic carbocycles. The Labute approximate surface area is 113 Å². The number of oxime groups is 1. The zero-order chi connectivity index (χ0) is 13.9. The van der Waals surface area contributed by atoms with E-state index in [-0.39, 0.29) is 0 Å². The van der Waals surface area contributed by atoms with Gasteiger partial charge in [0.2, 0.25) is 0 Å². The molecule has 1 aromatic rings. The number of hydrogen-bond donors (Lipinski definition) is 2. The number of benzene rings is 1. The van der Waals surface area contributed by atoms with Crippen LogP contribution in [-0.2, 0) is 6.42 Å². The first-order valence-corrected chi connectivity index (χ1v) is 6.69. The van der Waals surface area contributed by atoms with Gasteiger partial charge >= 0.3 is 0 Å². The van der Waals surface area contributed by atoms with Crippen molar-refractivity contribution in [2.75, 3.05) is 6.61 Å². The van der Waals surface area contributed by atoms with E-state index < -0.39 is 5.60 Å². The fraction of sp³-hybridized carbons (Fsp3) is 0.533. The maximum Gasteiger partial charge on any atom is 0.119 e. The Morgan fingerprint density at radius 3 is 2.79 bits per heavy atom. The molecule has 4 nitrogen and oxygen atoms in total. The fourth-order valence-corrected chi connectivity index (χ4v) is 2.24. The van der Waals surface area contributed by atoms with Crippen LogP contribution in [0.3, 0.4) is 0 Å². The first kappa shape index (κ1) is 13.9. The summed E-state index contributed by atoms with van der Waals surface area (Å²) in [6.45, 7) is 3.99. The van der Waals surface area contributed by atoms with Gasteiger partial charge < -0.3 is 15.1 Å². The number of ether oxygens (including phenoxy) is 1. The van der Waals surface area contributed by atoms with Crippen LogP contribution >= 0.6 is 0 Å². The molecular formula is C15H21NO3. The van der Waals surface area contributed by atoms with Gasteiger partial charge in [0.15, 0.2) is 0 Å². The topological polar surface area (TPSA) is 62.0 Å². The molecule has 0 bridgehead atoms. The van der Waals surface area contributed by atoms with E-state index in [1.165, 1.54) is 5.56 Å². The van der Waals surface area contributed by atoms with E-state index in [0.717, 1.165) is 36.3 Å². The van der Waals surface area contributed by atoms with Crippen LogP contribution in [0, 0.1) is 0 Å². The summed E-state index contributed by atoms with van der Waals surface area (Å²) in [5.41, 5.74) is 2.20. The van der Waals surface area contributed by atoms with Crippen LogP contribution in [0.25, 0.3) is 0 Å². The Hall–Kier alpha value is -1.55. The van der Waals surface area contributed by atoms with Gasteiger partial charge in [-0.1, -0.05) is 11.2 Å². The minimum atomic E-state index is -0.716. The molecule has 104 valence electrons. The second kappa shape index (κ2) is 5.61. The highest BCUT2D eigenvalue weighted by molar-refractivity contribution is 6.02. The van der Waals surface area contributed by atoms with Crippen molar-refractivity contribution in [1.29, 1.82) is 0 Å². The molecule has 0 aromatic heterocycles. The number of rotatable bonds is 4. The summed E-state index contributed by atoms with van der Waals surface area (Å²) >= 11 is 0. The smallest absolute Gasteiger partial charge is 0.119 e. The van der Waals surface area contributed by atoms with E-state index >= 15 is 0 Å². The predicted molar refractivity (Wildman–Crippen MR) is 74.1 cm³/mol. The molecule has 0 fully saturated rings. The average Bonchev–Trinajstić information content (AvgIpc) is 2.36.